The van der Waals surface area contributed by atoms with E-state index in [1.54, 1.807) is 0 Å². The predicted molar refractivity (Wildman–Crippen MR) is 44.8 cm³/mol. The zero-order valence-electron chi connectivity index (χ0n) is 6.75. The highest BCUT2D eigenvalue weighted by Gasteiger charge is 1.93. The highest BCUT2D eigenvalue weighted by Crippen LogP contribution is 2.00. The predicted octanol–water partition coefficient (Wildman–Crippen LogP) is 2.14. The first-order valence-electron chi connectivity index (χ1n) is 3.70. The molecule has 1 nitrogen and oxygen atoms in total. The topological polar surface area (TPSA) is 20.2 Å². The number of aliphatic hydroxyl groups is 1. The maximum Gasteiger partial charge on any atom is 0.0459 e. The molecule has 0 unspecified atom stereocenters. The van der Waals surface area contributed by atoms with Crippen LogP contribution in [0.1, 0.15) is 20.3 Å². The highest BCUT2D eigenvalue weighted by atomic mass is 16.3. The van der Waals surface area contributed by atoms with Gasteiger partial charge in [0.1, 0.15) is 0 Å². The summed E-state index contributed by atoms with van der Waals surface area (Å²) in [4.78, 5) is 0. The van der Waals surface area contributed by atoms with E-state index in [2.05, 4.69) is 6.08 Å². The maximum absolute atomic E-state index is 8.64. The second-order valence-corrected chi connectivity index (χ2v) is 2.48. The lowest BCUT2D eigenvalue weighted by atomic mass is 10.1. The van der Waals surface area contributed by atoms with Gasteiger partial charge < -0.3 is 5.11 Å². The molecular formula is C9H16O. The highest BCUT2D eigenvalue weighted by molar-refractivity contribution is 5.01. The number of hydrogen-bond acceptors (Lipinski definition) is 1. The van der Waals surface area contributed by atoms with E-state index in [0.717, 1.165) is 6.42 Å². The van der Waals surface area contributed by atoms with Gasteiger partial charge >= 0.3 is 0 Å². The molecule has 1 atom stereocenters. The van der Waals surface area contributed by atoms with Crippen LogP contribution in [0.4, 0.5) is 0 Å². The van der Waals surface area contributed by atoms with Crippen LogP contribution >= 0.6 is 0 Å². The first-order valence-corrected chi connectivity index (χ1v) is 3.70. The van der Waals surface area contributed by atoms with Crippen molar-refractivity contribution < 1.29 is 5.11 Å². The molecule has 0 saturated carbocycles. The summed E-state index contributed by atoms with van der Waals surface area (Å²) >= 11 is 0. The molecule has 0 aromatic rings. The Labute approximate surface area is 63.1 Å². The van der Waals surface area contributed by atoms with Crippen molar-refractivity contribution in [3.05, 3.63) is 24.3 Å². The van der Waals surface area contributed by atoms with E-state index in [4.69, 9.17) is 5.11 Å². The number of allylic oxidation sites excluding steroid dienone is 4. The van der Waals surface area contributed by atoms with Crippen LogP contribution < -0.4 is 0 Å². The molecule has 0 aliphatic heterocycles. The first-order chi connectivity index (χ1) is 4.81. The number of rotatable bonds is 4. The molecule has 0 aliphatic carbocycles. The Bertz CT molecular complexity index is 114. The zero-order valence-corrected chi connectivity index (χ0v) is 6.75. The van der Waals surface area contributed by atoms with Crippen LogP contribution in [0.15, 0.2) is 24.3 Å². The summed E-state index contributed by atoms with van der Waals surface area (Å²) in [5.41, 5.74) is 0. The van der Waals surface area contributed by atoms with Crippen molar-refractivity contribution in [3.63, 3.8) is 0 Å². The van der Waals surface area contributed by atoms with Crippen LogP contribution in [-0.4, -0.2) is 11.7 Å². The molecule has 1 heteroatoms. The summed E-state index contributed by atoms with van der Waals surface area (Å²) in [5, 5.41) is 8.64. The molecule has 0 fully saturated rings. The third-order valence-electron chi connectivity index (χ3n) is 1.29. The van der Waals surface area contributed by atoms with Crippen molar-refractivity contribution in [1.29, 1.82) is 0 Å². The maximum atomic E-state index is 8.64. The van der Waals surface area contributed by atoms with Gasteiger partial charge in [0.15, 0.2) is 0 Å². The molecular weight excluding hydrogens is 124 g/mol. The van der Waals surface area contributed by atoms with E-state index in [-0.39, 0.29) is 6.61 Å². The Morgan fingerprint density at radius 3 is 2.60 bits per heavy atom. The molecule has 0 radical (unpaired) electrons. The van der Waals surface area contributed by atoms with Crippen LogP contribution in [0.25, 0.3) is 0 Å². The summed E-state index contributed by atoms with van der Waals surface area (Å²) in [5.74, 6) is 0.390. The summed E-state index contributed by atoms with van der Waals surface area (Å²) in [6.45, 7) is 4.29. The number of hydrogen-bond donors (Lipinski definition) is 1. The fourth-order valence-electron chi connectivity index (χ4n) is 0.575. The van der Waals surface area contributed by atoms with Crippen molar-refractivity contribution in [2.24, 2.45) is 5.92 Å². The molecule has 58 valence electrons. The third-order valence-corrected chi connectivity index (χ3v) is 1.29. The van der Waals surface area contributed by atoms with Crippen molar-refractivity contribution in [3.8, 4) is 0 Å². The summed E-state index contributed by atoms with van der Waals surface area (Å²) in [6.07, 6.45) is 9.01. The van der Waals surface area contributed by atoms with Crippen LogP contribution in [0, 0.1) is 5.92 Å². The van der Waals surface area contributed by atoms with E-state index < -0.39 is 0 Å². The molecule has 1 N–H and O–H groups in total. The van der Waals surface area contributed by atoms with Crippen molar-refractivity contribution in [2.45, 2.75) is 20.3 Å². The van der Waals surface area contributed by atoms with Crippen LogP contribution in [0.3, 0.4) is 0 Å². The fraction of sp³-hybridized carbons (Fsp3) is 0.556. The summed E-state index contributed by atoms with van der Waals surface area (Å²) < 4.78 is 0. The zero-order chi connectivity index (χ0) is 7.82. The van der Waals surface area contributed by atoms with Crippen LogP contribution in [-0.2, 0) is 0 Å². The fourth-order valence-corrected chi connectivity index (χ4v) is 0.575. The van der Waals surface area contributed by atoms with Gasteiger partial charge in [0.05, 0.1) is 0 Å². The number of aliphatic hydroxyl groups excluding tert-OH is 1. The van der Waals surface area contributed by atoms with Crippen LogP contribution in [0.2, 0.25) is 0 Å². The first kappa shape index (κ1) is 9.44. The van der Waals surface area contributed by atoms with Crippen LogP contribution in [0.5, 0.6) is 0 Å². The molecule has 0 aromatic heterocycles. The van der Waals surface area contributed by atoms with Gasteiger partial charge in [-0.1, -0.05) is 31.2 Å². The SMILES string of the molecule is C/C=C/C=C/C[C@@H](C)CO. The van der Waals surface area contributed by atoms with E-state index >= 15 is 0 Å². The van der Waals surface area contributed by atoms with Crippen molar-refractivity contribution in [1.82, 2.24) is 0 Å². The Hall–Kier alpha value is -0.560. The van der Waals surface area contributed by atoms with E-state index in [1.807, 2.05) is 32.1 Å². The minimum absolute atomic E-state index is 0.278. The molecule has 0 rings (SSSR count). The van der Waals surface area contributed by atoms with Gasteiger partial charge in [-0.15, -0.1) is 0 Å². The Balaban J connectivity index is 3.33. The molecule has 0 saturated heterocycles. The van der Waals surface area contributed by atoms with Gasteiger partial charge in [-0.2, -0.15) is 0 Å². The van der Waals surface area contributed by atoms with Gasteiger partial charge in [0, 0.05) is 6.61 Å². The van der Waals surface area contributed by atoms with Gasteiger partial charge in [-0.25, -0.2) is 0 Å². The quantitative estimate of drug-likeness (QED) is 0.593. The minimum Gasteiger partial charge on any atom is -0.396 e. The minimum atomic E-state index is 0.278. The molecule has 0 aromatic carbocycles. The third kappa shape index (κ3) is 5.57. The standard InChI is InChI=1S/C9H16O/c1-3-4-5-6-7-9(2)8-10/h3-6,9-10H,7-8H2,1-2H3/b4-3+,6-5+/t9-/m1/s1. The van der Waals surface area contributed by atoms with E-state index in [1.165, 1.54) is 0 Å². The average molecular weight is 140 g/mol. The average Bonchev–Trinajstić information content (AvgIpc) is 1.98. The van der Waals surface area contributed by atoms with E-state index in [0.29, 0.717) is 5.92 Å². The smallest absolute Gasteiger partial charge is 0.0459 e. The van der Waals surface area contributed by atoms with E-state index in [9.17, 15) is 0 Å². The lowest BCUT2D eigenvalue weighted by Crippen LogP contribution is -1.97. The van der Waals surface area contributed by atoms with Gasteiger partial charge in [0.25, 0.3) is 0 Å². The Kier molecular flexibility index (Phi) is 6.19. The lowest BCUT2D eigenvalue weighted by Gasteiger charge is -2.00. The molecule has 0 heterocycles. The van der Waals surface area contributed by atoms with Crippen molar-refractivity contribution in [2.75, 3.05) is 6.61 Å². The molecule has 0 bridgehead atoms. The second-order valence-electron chi connectivity index (χ2n) is 2.48. The normalized spacial score (nSPS) is 15.1. The van der Waals surface area contributed by atoms with Gasteiger partial charge in [-0.3, -0.25) is 0 Å². The van der Waals surface area contributed by atoms with Gasteiger partial charge in [0.2, 0.25) is 0 Å². The molecule has 0 spiro atoms. The Morgan fingerprint density at radius 1 is 1.40 bits per heavy atom. The lowest BCUT2D eigenvalue weighted by molar-refractivity contribution is 0.239. The summed E-state index contributed by atoms with van der Waals surface area (Å²) in [6, 6.07) is 0. The summed E-state index contributed by atoms with van der Waals surface area (Å²) in [7, 11) is 0. The second kappa shape index (κ2) is 6.56. The monoisotopic (exact) mass is 140 g/mol. The van der Waals surface area contributed by atoms with Crippen molar-refractivity contribution >= 4 is 0 Å². The largest absolute Gasteiger partial charge is 0.396 e. The molecule has 0 amide bonds. The van der Waals surface area contributed by atoms with Gasteiger partial charge in [-0.05, 0) is 19.3 Å². The molecule has 0 aliphatic rings. The Morgan fingerprint density at radius 2 is 2.10 bits per heavy atom. The molecule has 10 heavy (non-hydrogen) atoms.